The summed E-state index contributed by atoms with van der Waals surface area (Å²) in [7, 11) is 0. The zero-order chi connectivity index (χ0) is 21.9. The van der Waals surface area contributed by atoms with Crippen LogP contribution in [-0.2, 0) is 6.42 Å². The first-order valence-electron chi connectivity index (χ1n) is 8.44. The molecule has 0 saturated carbocycles. The summed E-state index contributed by atoms with van der Waals surface area (Å²) in [4.78, 5) is 11.0. The molecule has 0 unspecified atom stereocenters. The fourth-order valence-corrected chi connectivity index (χ4v) is 2.96. The van der Waals surface area contributed by atoms with E-state index in [0.29, 0.717) is 22.8 Å². The van der Waals surface area contributed by atoms with Crippen LogP contribution in [-0.4, -0.2) is 17.4 Å². The van der Waals surface area contributed by atoms with Gasteiger partial charge in [-0.15, -0.1) is 13.2 Å². The Hall–Kier alpha value is -2.90. The molecule has 0 saturated heterocycles. The maximum Gasteiger partial charge on any atom is 0.573 e. The Morgan fingerprint density at radius 1 is 0.900 bits per heavy atom. The molecular formula is C21H13Cl2F3O4. The van der Waals surface area contributed by atoms with Gasteiger partial charge in [0.25, 0.3) is 0 Å². The molecule has 4 nitrogen and oxygen atoms in total. The third-order valence-corrected chi connectivity index (χ3v) is 4.71. The van der Waals surface area contributed by atoms with Gasteiger partial charge in [0.15, 0.2) is 0 Å². The number of aromatic carboxylic acids is 1. The number of carboxylic acids is 1. The van der Waals surface area contributed by atoms with Crippen LogP contribution < -0.4 is 9.47 Å². The van der Waals surface area contributed by atoms with E-state index in [0.717, 1.165) is 17.7 Å². The van der Waals surface area contributed by atoms with Gasteiger partial charge in [0, 0.05) is 18.1 Å². The Balaban J connectivity index is 1.84. The normalized spacial score (nSPS) is 11.2. The van der Waals surface area contributed by atoms with Gasteiger partial charge in [-0.3, -0.25) is 0 Å². The van der Waals surface area contributed by atoms with Gasteiger partial charge in [-0.1, -0.05) is 35.3 Å². The summed E-state index contributed by atoms with van der Waals surface area (Å²) in [6, 6.07) is 14.3. The topological polar surface area (TPSA) is 55.8 Å². The molecule has 0 heterocycles. The Morgan fingerprint density at radius 3 is 2.03 bits per heavy atom. The van der Waals surface area contributed by atoms with Crippen LogP contribution in [0.25, 0.3) is 0 Å². The number of benzene rings is 3. The monoisotopic (exact) mass is 456 g/mol. The minimum atomic E-state index is -4.78. The number of hydrogen-bond acceptors (Lipinski definition) is 3. The zero-order valence-electron chi connectivity index (χ0n) is 15.0. The van der Waals surface area contributed by atoms with Crippen molar-refractivity contribution >= 4 is 29.2 Å². The standard InChI is InChI=1S/C21H13Cl2F3O4/c22-17-10-14(9-12-1-3-13(4-2-12)20(27)28)19(11-18(17)23)29-15-5-7-16(8-6-15)30-21(24,25)26/h1-8,10-11H,9H2,(H,27,28). The summed E-state index contributed by atoms with van der Waals surface area (Å²) in [5, 5.41) is 9.54. The first kappa shape index (κ1) is 21.8. The first-order valence-corrected chi connectivity index (χ1v) is 9.20. The molecule has 1 N–H and O–H groups in total. The van der Waals surface area contributed by atoms with Gasteiger partial charge in [-0.25, -0.2) is 4.79 Å². The highest BCUT2D eigenvalue weighted by molar-refractivity contribution is 6.42. The van der Waals surface area contributed by atoms with Gasteiger partial charge in [-0.05, 0) is 48.0 Å². The van der Waals surface area contributed by atoms with Crippen molar-refractivity contribution in [2.45, 2.75) is 12.8 Å². The molecule has 0 aliphatic rings. The molecule has 0 radical (unpaired) electrons. The van der Waals surface area contributed by atoms with Gasteiger partial charge >= 0.3 is 12.3 Å². The number of hydrogen-bond donors (Lipinski definition) is 1. The SMILES string of the molecule is O=C(O)c1ccc(Cc2cc(Cl)c(Cl)cc2Oc2ccc(OC(F)(F)F)cc2)cc1. The number of ether oxygens (including phenoxy) is 2. The summed E-state index contributed by atoms with van der Waals surface area (Å²) in [6.45, 7) is 0. The van der Waals surface area contributed by atoms with E-state index in [1.807, 2.05) is 0 Å². The smallest absolute Gasteiger partial charge is 0.478 e. The molecule has 3 aromatic rings. The van der Waals surface area contributed by atoms with Crippen molar-refractivity contribution in [2.75, 3.05) is 0 Å². The van der Waals surface area contributed by atoms with Crippen LogP contribution >= 0.6 is 23.2 Å². The molecule has 9 heteroatoms. The summed E-state index contributed by atoms with van der Waals surface area (Å²) in [6.07, 6.45) is -4.42. The largest absolute Gasteiger partial charge is 0.573 e. The van der Waals surface area contributed by atoms with E-state index < -0.39 is 12.3 Å². The number of rotatable bonds is 6. The first-order chi connectivity index (χ1) is 14.1. The number of carboxylic acid groups (broad SMARTS) is 1. The van der Waals surface area contributed by atoms with E-state index in [1.165, 1.54) is 30.3 Å². The molecule has 0 spiro atoms. The quantitative estimate of drug-likeness (QED) is 0.434. The third kappa shape index (κ3) is 5.81. The molecule has 0 amide bonds. The van der Waals surface area contributed by atoms with Crippen molar-refractivity contribution in [1.82, 2.24) is 0 Å². The fourth-order valence-electron chi connectivity index (χ4n) is 2.62. The summed E-state index contributed by atoms with van der Waals surface area (Å²) < 4.78 is 46.5. The molecule has 0 fully saturated rings. The lowest BCUT2D eigenvalue weighted by atomic mass is 10.0. The second-order valence-electron chi connectivity index (χ2n) is 6.17. The van der Waals surface area contributed by atoms with Crippen LogP contribution in [0.4, 0.5) is 13.2 Å². The third-order valence-electron chi connectivity index (χ3n) is 3.98. The fraction of sp³-hybridized carbons (Fsp3) is 0.0952. The molecule has 0 atom stereocenters. The molecule has 3 rings (SSSR count). The lowest BCUT2D eigenvalue weighted by Gasteiger charge is -2.14. The number of carbonyl (C=O) groups is 1. The molecule has 0 aromatic heterocycles. The highest BCUT2D eigenvalue weighted by atomic mass is 35.5. The van der Waals surface area contributed by atoms with Crippen molar-refractivity contribution < 1.29 is 32.5 Å². The van der Waals surface area contributed by atoms with Crippen molar-refractivity contribution in [2.24, 2.45) is 0 Å². The highest BCUT2D eigenvalue weighted by Crippen LogP contribution is 2.35. The van der Waals surface area contributed by atoms with E-state index in [4.69, 9.17) is 33.0 Å². The Bertz CT molecular complexity index is 1050. The van der Waals surface area contributed by atoms with E-state index >= 15 is 0 Å². The Labute approximate surface area is 179 Å². The average Bonchev–Trinajstić information content (AvgIpc) is 2.66. The van der Waals surface area contributed by atoms with Gasteiger partial charge in [0.05, 0.1) is 15.6 Å². The van der Waals surface area contributed by atoms with E-state index in [2.05, 4.69) is 4.74 Å². The molecule has 156 valence electrons. The van der Waals surface area contributed by atoms with Crippen LogP contribution in [0.15, 0.2) is 60.7 Å². The minimum absolute atomic E-state index is 0.158. The Kier molecular flexibility index (Phi) is 6.43. The predicted octanol–water partition coefficient (Wildman–Crippen LogP) is 6.97. The van der Waals surface area contributed by atoms with Crippen LogP contribution in [0.3, 0.4) is 0 Å². The lowest BCUT2D eigenvalue weighted by molar-refractivity contribution is -0.274. The van der Waals surface area contributed by atoms with Crippen molar-refractivity contribution in [1.29, 1.82) is 0 Å². The Morgan fingerprint density at radius 2 is 1.47 bits per heavy atom. The maximum atomic E-state index is 12.3. The van der Waals surface area contributed by atoms with Gasteiger partial charge in [0.2, 0.25) is 0 Å². The van der Waals surface area contributed by atoms with Crippen LogP contribution in [0.5, 0.6) is 17.2 Å². The van der Waals surface area contributed by atoms with Crippen LogP contribution in [0.1, 0.15) is 21.5 Å². The predicted molar refractivity (Wildman–Crippen MR) is 106 cm³/mol. The minimum Gasteiger partial charge on any atom is -0.478 e. The lowest BCUT2D eigenvalue weighted by Crippen LogP contribution is -2.16. The number of alkyl halides is 3. The second kappa shape index (κ2) is 8.85. The van der Waals surface area contributed by atoms with Crippen LogP contribution in [0, 0.1) is 0 Å². The van der Waals surface area contributed by atoms with E-state index in [1.54, 1.807) is 18.2 Å². The van der Waals surface area contributed by atoms with Crippen LogP contribution in [0.2, 0.25) is 10.0 Å². The molecule has 3 aromatic carbocycles. The number of halogens is 5. The molecule has 0 aliphatic carbocycles. The molecule has 0 bridgehead atoms. The van der Waals surface area contributed by atoms with Gasteiger partial charge in [0.1, 0.15) is 17.2 Å². The average molecular weight is 457 g/mol. The molecule has 0 aliphatic heterocycles. The highest BCUT2D eigenvalue weighted by Gasteiger charge is 2.31. The van der Waals surface area contributed by atoms with Crippen molar-refractivity contribution in [3.05, 3.63) is 87.4 Å². The zero-order valence-corrected chi connectivity index (χ0v) is 16.6. The van der Waals surface area contributed by atoms with Crippen molar-refractivity contribution in [3.63, 3.8) is 0 Å². The van der Waals surface area contributed by atoms with Crippen molar-refractivity contribution in [3.8, 4) is 17.2 Å². The summed E-state index contributed by atoms with van der Waals surface area (Å²) in [5.74, 6) is -0.776. The van der Waals surface area contributed by atoms with E-state index in [9.17, 15) is 18.0 Å². The van der Waals surface area contributed by atoms with E-state index in [-0.39, 0.29) is 22.1 Å². The van der Waals surface area contributed by atoms with Gasteiger partial charge in [-0.2, -0.15) is 0 Å². The van der Waals surface area contributed by atoms with Gasteiger partial charge < -0.3 is 14.6 Å². The molecular weight excluding hydrogens is 444 g/mol. The second-order valence-corrected chi connectivity index (χ2v) is 6.99. The summed E-state index contributed by atoms with van der Waals surface area (Å²) >= 11 is 12.2. The maximum absolute atomic E-state index is 12.3. The molecule has 30 heavy (non-hydrogen) atoms. The summed E-state index contributed by atoms with van der Waals surface area (Å²) in [5.41, 5.74) is 1.62.